The fourth-order valence-electron chi connectivity index (χ4n) is 1.61. The highest BCUT2D eigenvalue weighted by Gasteiger charge is 2.23. The Bertz CT molecular complexity index is 527. The number of nitriles is 1. The summed E-state index contributed by atoms with van der Waals surface area (Å²) in [6, 6.07) is 6.59. The third-order valence-corrected chi connectivity index (χ3v) is 2.49. The smallest absolute Gasteiger partial charge is 0.328 e. The van der Waals surface area contributed by atoms with E-state index < -0.39 is 11.6 Å². The first kappa shape index (κ1) is 15.8. The monoisotopic (exact) mass is 276 g/mol. The summed E-state index contributed by atoms with van der Waals surface area (Å²) in [5.74, 6) is 0.131. The first-order valence-electron chi connectivity index (χ1n) is 6.35. The van der Waals surface area contributed by atoms with Crippen molar-refractivity contribution in [1.82, 2.24) is 0 Å². The predicted molar refractivity (Wildman–Crippen MR) is 76.6 cm³/mol. The maximum absolute atomic E-state index is 12.0. The molecule has 0 heterocycles. The summed E-state index contributed by atoms with van der Waals surface area (Å²) in [6.45, 7) is 7.10. The lowest BCUT2D eigenvalue weighted by atomic mass is 10.1. The summed E-state index contributed by atoms with van der Waals surface area (Å²) in [5, 5.41) is 12.1. The highest BCUT2D eigenvalue weighted by molar-refractivity contribution is 5.81. The molecule has 5 nitrogen and oxygen atoms in total. The van der Waals surface area contributed by atoms with Gasteiger partial charge in [-0.05, 0) is 39.8 Å². The van der Waals surface area contributed by atoms with E-state index >= 15 is 0 Å². The molecule has 108 valence electrons. The van der Waals surface area contributed by atoms with Crippen molar-refractivity contribution in [2.24, 2.45) is 0 Å². The molecular weight excluding hydrogens is 256 g/mol. The lowest BCUT2D eigenvalue weighted by Crippen LogP contribution is -2.34. The van der Waals surface area contributed by atoms with Crippen LogP contribution in [0.15, 0.2) is 18.2 Å². The summed E-state index contributed by atoms with van der Waals surface area (Å²) >= 11 is 0. The van der Waals surface area contributed by atoms with E-state index in [1.807, 2.05) is 0 Å². The van der Waals surface area contributed by atoms with E-state index in [4.69, 9.17) is 14.7 Å². The summed E-state index contributed by atoms with van der Waals surface area (Å²) < 4.78 is 10.5. The second-order valence-corrected chi connectivity index (χ2v) is 5.39. The molecule has 0 fully saturated rings. The predicted octanol–water partition coefficient (Wildman–Crippen LogP) is 2.71. The van der Waals surface area contributed by atoms with Crippen LogP contribution in [-0.2, 0) is 9.53 Å². The van der Waals surface area contributed by atoms with Gasteiger partial charge in [-0.15, -0.1) is 0 Å². The molecule has 0 saturated carbocycles. The van der Waals surface area contributed by atoms with Gasteiger partial charge in [-0.25, -0.2) is 4.79 Å². The third kappa shape index (κ3) is 4.16. The van der Waals surface area contributed by atoms with Crippen LogP contribution in [0.1, 0.15) is 33.3 Å². The van der Waals surface area contributed by atoms with Crippen molar-refractivity contribution in [3.8, 4) is 11.8 Å². The van der Waals surface area contributed by atoms with E-state index in [2.05, 4.69) is 11.4 Å². The molecular formula is C15H20N2O3. The number of nitrogens with zero attached hydrogens (tertiary/aromatic N) is 1. The Kier molecular flexibility index (Phi) is 4.98. The number of esters is 1. The third-order valence-electron chi connectivity index (χ3n) is 2.49. The highest BCUT2D eigenvalue weighted by atomic mass is 16.6. The number of carbonyl (C=O) groups is 1. The Morgan fingerprint density at radius 2 is 2.05 bits per heavy atom. The molecule has 0 spiro atoms. The van der Waals surface area contributed by atoms with Gasteiger partial charge in [0.05, 0.1) is 18.4 Å². The quantitative estimate of drug-likeness (QED) is 0.856. The van der Waals surface area contributed by atoms with Crippen LogP contribution < -0.4 is 10.1 Å². The molecule has 1 N–H and O–H groups in total. The van der Waals surface area contributed by atoms with Crippen LogP contribution >= 0.6 is 0 Å². The maximum atomic E-state index is 12.0. The summed E-state index contributed by atoms with van der Waals surface area (Å²) in [5.41, 5.74) is 0.363. The fraction of sp³-hybridized carbons (Fsp3) is 0.467. The van der Waals surface area contributed by atoms with Crippen LogP contribution in [0.5, 0.6) is 5.75 Å². The minimum Gasteiger partial charge on any atom is -0.495 e. The Morgan fingerprint density at radius 3 is 2.55 bits per heavy atom. The lowest BCUT2D eigenvalue weighted by molar-refractivity contribution is -0.155. The van der Waals surface area contributed by atoms with E-state index in [-0.39, 0.29) is 5.97 Å². The summed E-state index contributed by atoms with van der Waals surface area (Å²) in [7, 11) is 1.51. The van der Waals surface area contributed by atoms with Crippen LogP contribution in [0.25, 0.3) is 0 Å². The Balaban J connectivity index is 2.93. The molecule has 0 aromatic heterocycles. The standard InChI is InChI=1S/C15H20N2O3/c1-10(14(18)20-15(2,3)4)17-13-11(9-16)7-6-8-12(13)19-5/h6-8,10,17H,1-5H3. The Morgan fingerprint density at radius 1 is 1.40 bits per heavy atom. The van der Waals surface area contributed by atoms with E-state index in [9.17, 15) is 4.79 Å². The fourth-order valence-corrected chi connectivity index (χ4v) is 1.61. The van der Waals surface area contributed by atoms with Crippen LogP contribution in [0.2, 0.25) is 0 Å². The number of ether oxygens (including phenoxy) is 2. The topological polar surface area (TPSA) is 71.3 Å². The molecule has 0 aliphatic rings. The van der Waals surface area contributed by atoms with Gasteiger partial charge in [0, 0.05) is 0 Å². The number of anilines is 1. The number of benzene rings is 1. The summed E-state index contributed by atoms with van der Waals surface area (Å²) in [4.78, 5) is 12.0. The van der Waals surface area contributed by atoms with Crippen molar-refractivity contribution in [3.05, 3.63) is 23.8 Å². The van der Waals surface area contributed by atoms with Crippen molar-refractivity contribution in [3.63, 3.8) is 0 Å². The first-order chi connectivity index (χ1) is 9.28. The molecule has 0 aliphatic carbocycles. The lowest BCUT2D eigenvalue weighted by Gasteiger charge is -2.24. The first-order valence-corrected chi connectivity index (χ1v) is 6.35. The van der Waals surface area contributed by atoms with Crippen molar-refractivity contribution in [2.45, 2.75) is 39.3 Å². The zero-order valence-electron chi connectivity index (χ0n) is 12.5. The second kappa shape index (κ2) is 6.29. The van der Waals surface area contributed by atoms with E-state index in [1.54, 1.807) is 45.9 Å². The molecule has 0 saturated heterocycles. The number of rotatable bonds is 4. The van der Waals surface area contributed by atoms with Gasteiger partial charge in [-0.3, -0.25) is 0 Å². The van der Waals surface area contributed by atoms with Gasteiger partial charge in [0.2, 0.25) is 0 Å². The van der Waals surface area contributed by atoms with E-state index in [0.717, 1.165) is 0 Å². The van der Waals surface area contributed by atoms with Crippen molar-refractivity contribution >= 4 is 11.7 Å². The molecule has 0 aliphatic heterocycles. The van der Waals surface area contributed by atoms with Crippen LogP contribution in [0, 0.1) is 11.3 Å². The summed E-state index contributed by atoms with van der Waals surface area (Å²) in [6.07, 6.45) is 0. The van der Waals surface area contributed by atoms with Gasteiger partial charge in [-0.2, -0.15) is 5.26 Å². The Labute approximate surface area is 119 Å². The zero-order chi connectivity index (χ0) is 15.3. The molecule has 5 heteroatoms. The van der Waals surface area contributed by atoms with Crippen molar-refractivity contribution < 1.29 is 14.3 Å². The second-order valence-electron chi connectivity index (χ2n) is 5.39. The van der Waals surface area contributed by atoms with E-state index in [0.29, 0.717) is 17.0 Å². The average molecular weight is 276 g/mol. The molecule has 1 aromatic carbocycles. The minimum atomic E-state index is -0.586. The van der Waals surface area contributed by atoms with Gasteiger partial charge in [0.25, 0.3) is 0 Å². The van der Waals surface area contributed by atoms with Crippen LogP contribution in [-0.4, -0.2) is 24.7 Å². The van der Waals surface area contributed by atoms with Crippen molar-refractivity contribution in [2.75, 3.05) is 12.4 Å². The number of hydrogen-bond acceptors (Lipinski definition) is 5. The number of hydrogen-bond donors (Lipinski definition) is 1. The normalized spacial score (nSPS) is 12.2. The average Bonchev–Trinajstić information content (AvgIpc) is 2.36. The largest absolute Gasteiger partial charge is 0.495 e. The molecule has 1 aromatic rings. The number of para-hydroxylation sites is 1. The molecule has 0 amide bonds. The number of nitrogens with one attached hydrogen (secondary N) is 1. The maximum Gasteiger partial charge on any atom is 0.328 e. The Hall–Kier alpha value is -2.22. The molecule has 0 bridgehead atoms. The zero-order valence-corrected chi connectivity index (χ0v) is 12.5. The minimum absolute atomic E-state index is 0.382. The molecule has 1 atom stereocenters. The highest BCUT2D eigenvalue weighted by Crippen LogP contribution is 2.28. The number of carbonyl (C=O) groups excluding carboxylic acids is 1. The SMILES string of the molecule is COc1cccc(C#N)c1NC(C)C(=O)OC(C)(C)C. The van der Waals surface area contributed by atoms with Crippen LogP contribution in [0.4, 0.5) is 5.69 Å². The van der Waals surface area contributed by atoms with Gasteiger partial charge in [-0.1, -0.05) is 6.07 Å². The van der Waals surface area contributed by atoms with Crippen LogP contribution in [0.3, 0.4) is 0 Å². The molecule has 20 heavy (non-hydrogen) atoms. The van der Waals surface area contributed by atoms with Crippen molar-refractivity contribution in [1.29, 1.82) is 5.26 Å². The molecule has 1 unspecified atom stereocenters. The van der Waals surface area contributed by atoms with Gasteiger partial charge in [0.15, 0.2) is 0 Å². The molecule has 1 rings (SSSR count). The van der Waals surface area contributed by atoms with Gasteiger partial charge < -0.3 is 14.8 Å². The van der Waals surface area contributed by atoms with Gasteiger partial charge >= 0.3 is 5.97 Å². The molecule has 0 radical (unpaired) electrons. The number of methoxy groups -OCH3 is 1. The van der Waals surface area contributed by atoms with E-state index in [1.165, 1.54) is 7.11 Å². The van der Waals surface area contributed by atoms with Gasteiger partial charge in [0.1, 0.15) is 23.5 Å².